The number of hydrogen-bond acceptors (Lipinski definition) is 4. The van der Waals surface area contributed by atoms with Crippen LogP contribution < -0.4 is 4.74 Å². The third-order valence-electron chi connectivity index (χ3n) is 4.23. The fraction of sp³-hybridized carbons (Fsp3) is 0.400. The van der Waals surface area contributed by atoms with Crippen molar-refractivity contribution < 1.29 is 13.9 Å². The highest BCUT2D eigenvalue weighted by atomic mass is 16.5. The Morgan fingerprint density at radius 2 is 2.25 bits per heavy atom. The van der Waals surface area contributed by atoms with Crippen LogP contribution in [-0.2, 0) is 11.2 Å². The van der Waals surface area contributed by atoms with E-state index in [2.05, 4.69) is 30.0 Å². The molecule has 0 amide bonds. The highest BCUT2D eigenvalue weighted by Crippen LogP contribution is 2.18. The second kappa shape index (κ2) is 8.18. The SMILES string of the molecule is COc1cccc(C[C@@H]2CN(C/C(C)=C/c3ccco3)CCO2)c1. The molecule has 1 saturated heterocycles. The Bertz CT molecular complexity index is 663. The van der Waals surface area contributed by atoms with Crippen LogP contribution in [0.15, 0.2) is 52.7 Å². The van der Waals surface area contributed by atoms with Crippen molar-refractivity contribution in [3.05, 3.63) is 59.6 Å². The van der Waals surface area contributed by atoms with Crippen molar-refractivity contribution in [2.24, 2.45) is 0 Å². The minimum atomic E-state index is 0.224. The lowest BCUT2D eigenvalue weighted by molar-refractivity contribution is -0.0243. The molecule has 3 rings (SSSR count). The monoisotopic (exact) mass is 327 g/mol. The van der Waals surface area contributed by atoms with Crippen molar-refractivity contribution in [2.45, 2.75) is 19.4 Å². The third-order valence-corrected chi connectivity index (χ3v) is 4.23. The minimum Gasteiger partial charge on any atom is -0.497 e. The summed E-state index contributed by atoms with van der Waals surface area (Å²) in [7, 11) is 1.70. The van der Waals surface area contributed by atoms with Gasteiger partial charge in [-0.05, 0) is 42.8 Å². The first kappa shape index (κ1) is 16.8. The highest BCUT2D eigenvalue weighted by Gasteiger charge is 2.21. The molecule has 4 heteroatoms. The number of nitrogens with zero attached hydrogens (tertiary/aromatic N) is 1. The number of furan rings is 1. The van der Waals surface area contributed by atoms with Gasteiger partial charge in [-0.2, -0.15) is 0 Å². The van der Waals surface area contributed by atoms with Gasteiger partial charge in [0.25, 0.3) is 0 Å². The van der Waals surface area contributed by atoms with E-state index in [9.17, 15) is 0 Å². The molecule has 4 nitrogen and oxygen atoms in total. The summed E-state index contributed by atoms with van der Waals surface area (Å²) in [5, 5.41) is 0. The Balaban J connectivity index is 1.56. The highest BCUT2D eigenvalue weighted by molar-refractivity contribution is 5.46. The van der Waals surface area contributed by atoms with Crippen molar-refractivity contribution in [3.63, 3.8) is 0 Å². The van der Waals surface area contributed by atoms with Gasteiger partial charge in [0.1, 0.15) is 11.5 Å². The van der Waals surface area contributed by atoms with Crippen molar-refractivity contribution in [3.8, 4) is 5.75 Å². The Kier molecular flexibility index (Phi) is 5.72. The van der Waals surface area contributed by atoms with Crippen molar-refractivity contribution in [2.75, 3.05) is 33.4 Å². The molecule has 1 atom stereocenters. The Morgan fingerprint density at radius 1 is 1.33 bits per heavy atom. The molecule has 2 aromatic rings. The first-order valence-corrected chi connectivity index (χ1v) is 8.40. The van der Waals surface area contributed by atoms with Crippen LogP contribution in [0.2, 0.25) is 0 Å². The van der Waals surface area contributed by atoms with Gasteiger partial charge in [0.15, 0.2) is 0 Å². The number of methoxy groups -OCH3 is 1. The molecule has 0 unspecified atom stereocenters. The Morgan fingerprint density at radius 3 is 3.04 bits per heavy atom. The fourth-order valence-corrected chi connectivity index (χ4v) is 3.12. The van der Waals surface area contributed by atoms with Crippen molar-refractivity contribution >= 4 is 6.08 Å². The first-order chi connectivity index (χ1) is 11.7. The van der Waals surface area contributed by atoms with Gasteiger partial charge in [-0.1, -0.05) is 17.7 Å². The second-order valence-electron chi connectivity index (χ2n) is 6.29. The van der Waals surface area contributed by atoms with E-state index in [1.165, 1.54) is 11.1 Å². The number of benzene rings is 1. The summed E-state index contributed by atoms with van der Waals surface area (Å²) in [4.78, 5) is 2.45. The molecule has 1 fully saturated rings. The van der Waals surface area contributed by atoms with Crippen molar-refractivity contribution in [1.82, 2.24) is 4.90 Å². The average molecular weight is 327 g/mol. The van der Waals surface area contributed by atoms with E-state index in [0.29, 0.717) is 0 Å². The molecule has 0 N–H and O–H groups in total. The van der Waals surface area contributed by atoms with Gasteiger partial charge < -0.3 is 13.9 Å². The summed E-state index contributed by atoms with van der Waals surface area (Å²) in [6.45, 7) is 5.79. The Hall–Kier alpha value is -2.04. The molecule has 1 aliphatic heterocycles. The predicted molar refractivity (Wildman–Crippen MR) is 95.2 cm³/mol. The molecular formula is C20H25NO3. The topological polar surface area (TPSA) is 34.8 Å². The van der Waals surface area contributed by atoms with E-state index in [1.54, 1.807) is 13.4 Å². The lowest BCUT2D eigenvalue weighted by Gasteiger charge is -2.33. The zero-order chi connectivity index (χ0) is 16.8. The molecule has 1 aliphatic rings. The van der Waals surface area contributed by atoms with E-state index in [-0.39, 0.29) is 6.10 Å². The van der Waals surface area contributed by atoms with Gasteiger partial charge >= 0.3 is 0 Å². The summed E-state index contributed by atoms with van der Waals surface area (Å²) in [5.74, 6) is 1.81. The molecule has 0 saturated carbocycles. The first-order valence-electron chi connectivity index (χ1n) is 8.40. The summed E-state index contributed by atoms with van der Waals surface area (Å²) >= 11 is 0. The molecule has 128 valence electrons. The van der Waals surface area contributed by atoms with E-state index in [1.807, 2.05) is 24.3 Å². The fourth-order valence-electron chi connectivity index (χ4n) is 3.12. The Labute approximate surface area is 143 Å². The van der Waals surface area contributed by atoms with E-state index < -0.39 is 0 Å². The molecule has 1 aromatic carbocycles. The lowest BCUT2D eigenvalue weighted by Crippen LogP contribution is -2.43. The van der Waals surface area contributed by atoms with Crippen LogP contribution in [0.5, 0.6) is 5.75 Å². The predicted octanol–water partition coefficient (Wildman–Crippen LogP) is 3.64. The van der Waals surface area contributed by atoms with E-state index in [0.717, 1.165) is 44.2 Å². The summed E-state index contributed by atoms with van der Waals surface area (Å²) in [6, 6.07) is 12.1. The second-order valence-corrected chi connectivity index (χ2v) is 6.29. The molecule has 24 heavy (non-hydrogen) atoms. The zero-order valence-electron chi connectivity index (χ0n) is 14.4. The van der Waals surface area contributed by atoms with Crippen LogP contribution in [0.3, 0.4) is 0 Å². The minimum absolute atomic E-state index is 0.224. The van der Waals surface area contributed by atoms with Crippen LogP contribution in [-0.4, -0.2) is 44.4 Å². The van der Waals surface area contributed by atoms with Gasteiger partial charge in [-0.15, -0.1) is 0 Å². The number of morpholine rings is 1. The zero-order valence-corrected chi connectivity index (χ0v) is 14.4. The quantitative estimate of drug-likeness (QED) is 0.811. The van der Waals surface area contributed by atoms with Crippen LogP contribution in [0.1, 0.15) is 18.2 Å². The van der Waals surface area contributed by atoms with Crippen molar-refractivity contribution in [1.29, 1.82) is 0 Å². The molecule has 1 aromatic heterocycles. The molecule has 0 bridgehead atoms. The maximum atomic E-state index is 5.95. The van der Waals surface area contributed by atoms with E-state index >= 15 is 0 Å². The van der Waals surface area contributed by atoms with Crippen LogP contribution in [0.25, 0.3) is 6.08 Å². The average Bonchev–Trinajstić information content (AvgIpc) is 3.08. The summed E-state index contributed by atoms with van der Waals surface area (Å²) < 4.78 is 16.6. The van der Waals surface area contributed by atoms with Gasteiger partial charge in [-0.25, -0.2) is 0 Å². The maximum absolute atomic E-state index is 5.95. The number of ether oxygens (including phenoxy) is 2. The molecule has 0 radical (unpaired) electrons. The number of rotatable bonds is 6. The molecule has 2 heterocycles. The molecule has 0 aliphatic carbocycles. The molecular weight excluding hydrogens is 302 g/mol. The molecule has 0 spiro atoms. The maximum Gasteiger partial charge on any atom is 0.126 e. The normalized spacial score (nSPS) is 19.4. The van der Waals surface area contributed by atoms with Crippen LogP contribution in [0.4, 0.5) is 0 Å². The van der Waals surface area contributed by atoms with Gasteiger partial charge in [0, 0.05) is 26.1 Å². The standard InChI is InChI=1S/C20H25NO3/c1-16(11-19-7-4-9-23-19)14-21-8-10-24-20(15-21)13-17-5-3-6-18(12-17)22-2/h3-7,9,11-12,20H,8,10,13-15H2,1-2H3/b16-11+/t20-/m1/s1. The van der Waals surface area contributed by atoms with E-state index in [4.69, 9.17) is 13.9 Å². The largest absolute Gasteiger partial charge is 0.497 e. The smallest absolute Gasteiger partial charge is 0.126 e. The number of hydrogen-bond donors (Lipinski definition) is 0. The third kappa shape index (κ3) is 4.73. The van der Waals surface area contributed by atoms with Crippen LogP contribution >= 0.6 is 0 Å². The summed E-state index contributed by atoms with van der Waals surface area (Å²) in [6.07, 6.45) is 4.95. The lowest BCUT2D eigenvalue weighted by atomic mass is 10.1. The van der Waals surface area contributed by atoms with Gasteiger partial charge in [0.2, 0.25) is 0 Å². The van der Waals surface area contributed by atoms with Crippen LogP contribution in [0, 0.1) is 0 Å². The van der Waals surface area contributed by atoms with Gasteiger partial charge in [0.05, 0.1) is 26.1 Å². The summed E-state index contributed by atoms with van der Waals surface area (Å²) in [5.41, 5.74) is 2.55. The van der Waals surface area contributed by atoms with Gasteiger partial charge in [-0.3, -0.25) is 4.90 Å².